The highest BCUT2D eigenvalue weighted by molar-refractivity contribution is 6.11. The maximum atomic E-state index is 6.38. The number of para-hydroxylation sites is 4. The van der Waals surface area contributed by atoms with Crippen LogP contribution < -0.4 is 29.1 Å². The van der Waals surface area contributed by atoms with Crippen molar-refractivity contribution < 1.29 is 9.47 Å². The molecule has 9 nitrogen and oxygen atoms in total. The van der Waals surface area contributed by atoms with Gasteiger partial charge in [0.1, 0.15) is 11.5 Å². The molecule has 0 radical (unpaired) electrons. The van der Waals surface area contributed by atoms with Gasteiger partial charge in [-0.2, -0.15) is 0 Å². The van der Waals surface area contributed by atoms with Crippen molar-refractivity contribution in [3.05, 3.63) is 152 Å². The Hall–Kier alpha value is -7.00. The molecular weight excluding hydrogens is 659 g/mol. The Labute approximate surface area is 307 Å². The van der Waals surface area contributed by atoms with E-state index in [1.807, 2.05) is 42.5 Å². The van der Waals surface area contributed by atoms with Gasteiger partial charge in [-0.15, -0.1) is 0 Å². The third-order valence-electron chi connectivity index (χ3n) is 10.1. The van der Waals surface area contributed by atoms with Gasteiger partial charge in [0.15, 0.2) is 0 Å². The molecule has 0 aliphatic carbocycles. The predicted molar refractivity (Wildman–Crippen MR) is 213 cm³/mol. The summed E-state index contributed by atoms with van der Waals surface area (Å²) in [6, 6.07) is 48.0. The maximum Gasteiger partial charge on any atom is 0.219 e. The van der Waals surface area contributed by atoms with Crippen molar-refractivity contribution in [3.8, 4) is 28.9 Å². The zero-order chi connectivity index (χ0) is 35.5. The highest BCUT2D eigenvalue weighted by atomic mass is 16.5. The van der Waals surface area contributed by atoms with Crippen molar-refractivity contribution in [2.45, 2.75) is 0 Å². The fourth-order valence-electron chi connectivity index (χ4n) is 7.67. The number of benzene rings is 5. The van der Waals surface area contributed by atoms with E-state index in [-0.39, 0.29) is 0 Å². The van der Waals surface area contributed by atoms with Gasteiger partial charge in [0, 0.05) is 79.0 Å². The lowest BCUT2D eigenvalue weighted by atomic mass is 10.1. The summed E-state index contributed by atoms with van der Waals surface area (Å²) in [4.78, 5) is 18.2. The number of hydrogen-bond acceptors (Lipinski definition) is 8. The van der Waals surface area contributed by atoms with Crippen molar-refractivity contribution in [2.75, 3.05) is 47.0 Å². The summed E-state index contributed by atoms with van der Waals surface area (Å²) in [7, 11) is 4.28. The summed E-state index contributed by atoms with van der Waals surface area (Å²) in [5.41, 5.74) is 10.0. The van der Waals surface area contributed by atoms with Crippen LogP contribution in [0.5, 0.6) is 23.3 Å². The summed E-state index contributed by atoms with van der Waals surface area (Å²) in [5, 5.41) is 2.30. The van der Waals surface area contributed by atoms with Gasteiger partial charge >= 0.3 is 0 Å². The standard InChI is InChI=1S/C44H35N7O2/c1-47-28-49(39-13-5-3-11-37(39)47)30-17-19-35-36-20-18-31(50-29-48(2)38-12-4-6-14-40(38)50)26-42(36)51(41(35)25-30)32-23-33(52-43-15-7-9-21-45-43)27-34(24-32)53-44-16-8-10-22-46-44/h3-27H,28-29H2,1-2H3. The molecule has 0 N–H and O–H groups in total. The van der Waals surface area contributed by atoms with Gasteiger partial charge < -0.3 is 33.6 Å². The third kappa shape index (κ3) is 5.33. The number of anilines is 6. The quantitative estimate of drug-likeness (QED) is 0.164. The minimum Gasteiger partial charge on any atom is -0.439 e. The number of ether oxygens (including phenoxy) is 2. The molecular formula is C44H35N7O2. The van der Waals surface area contributed by atoms with Crippen LogP contribution in [-0.4, -0.2) is 42.0 Å². The van der Waals surface area contributed by atoms with Crippen molar-refractivity contribution in [1.82, 2.24) is 14.5 Å². The molecule has 10 rings (SSSR count). The zero-order valence-corrected chi connectivity index (χ0v) is 29.3. The molecule has 0 unspecified atom stereocenters. The summed E-state index contributed by atoms with van der Waals surface area (Å²) < 4.78 is 15.1. The Morgan fingerprint density at radius 1 is 0.453 bits per heavy atom. The summed E-state index contributed by atoms with van der Waals surface area (Å²) in [6.07, 6.45) is 3.45. The fraction of sp³-hybridized carbons (Fsp3) is 0.0909. The van der Waals surface area contributed by atoms with Gasteiger partial charge in [0.2, 0.25) is 11.8 Å². The first kappa shape index (κ1) is 30.8. The van der Waals surface area contributed by atoms with E-state index in [0.29, 0.717) is 23.3 Å². The molecule has 2 aliphatic heterocycles. The molecule has 258 valence electrons. The zero-order valence-electron chi connectivity index (χ0n) is 29.3. The smallest absolute Gasteiger partial charge is 0.219 e. The molecule has 5 heterocycles. The van der Waals surface area contributed by atoms with Gasteiger partial charge in [-0.25, -0.2) is 9.97 Å². The van der Waals surface area contributed by atoms with Crippen molar-refractivity contribution >= 4 is 55.9 Å². The minimum absolute atomic E-state index is 0.494. The highest BCUT2D eigenvalue weighted by Gasteiger charge is 2.27. The Morgan fingerprint density at radius 3 is 1.36 bits per heavy atom. The van der Waals surface area contributed by atoms with E-state index in [1.54, 1.807) is 12.4 Å². The SMILES string of the molecule is CN1CN(c2ccc3c4ccc(N5CN(C)c6ccccc65)cc4n(-c4cc(Oc5ccccn5)cc(Oc5ccccn5)c4)c3c2)c2ccccc21. The van der Waals surface area contributed by atoms with Gasteiger partial charge in [-0.05, 0) is 60.7 Å². The molecule has 9 heteroatoms. The van der Waals surface area contributed by atoms with Crippen LogP contribution >= 0.6 is 0 Å². The molecule has 0 bridgehead atoms. The van der Waals surface area contributed by atoms with Crippen LogP contribution in [0.15, 0.2) is 152 Å². The number of pyridine rings is 2. The van der Waals surface area contributed by atoms with E-state index in [2.05, 4.69) is 145 Å². The minimum atomic E-state index is 0.494. The predicted octanol–water partition coefficient (Wildman–Crippen LogP) is 10.2. The second-order valence-corrected chi connectivity index (χ2v) is 13.5. The van der Waals surface area contributed by atoms with E-state index in [4.69, 9.17) is 9.47 Å². The molecule has 8 aromatic rings. The van der Waals surface area contributed by atoms with E-state index in [1.165, 1.54) is 22.7 Å². The van der Waals surface area contributed by atoms with E-state index >= 15 is 0 Å². The molecule has 0 amide bonds. The lowest BCUT2D eigenvalue weighted by Gasteiger charge is -2.21. The Bertz CT molecular complexity index is 2470. The Balaban J connectivity index is 1.19. The van der Waals surface area contributed by atoms with Gasteiger partial charge in [-0.3, -0.25) is 0 Å². The molecule has 53 heavy (non-hydrogen) atoms. The van der Waals surface area contributed by atoms with Crippen molar-refractivity contribution in [1.29, 1.82) is 0 Å². The molecule has 0 atom stereocenters. The van der Waals surface area contributed by atoms with Crippen LogP contribution in [0.25, 0.3) is 27.5 Å². The molecule has 0 saturated heterocycles. The number of rotatable bonds is 7. The maximum absolute atomic E-state index is 6.38. The first-order chi connectivity index (χ1) is 26.1. The fourth-order valence-corrected chi connectivity index (χ4v) is 7.67. The largest absolute Gasteiger partial charge is 0.439 e. The van der Waals surface area contributed by atoms with E-state index < -0.39 is 0 Å². The number of nitrogens with zero attached hydrogens (tertiary/aromatic N) is 7. The van der Waals surface area contributed by atoms with Crippen molar-refractivity contribution in [2.24, 2.45) is 0 Å². The molecule has 0 saturated carbocycles. The van der Waals surface area contributed by atoms with Gasteiger partial charge in [-0.1, -0.05) is 48.5 Å². The third-order valence-corrected chi connectivity index (χ3v) is 10.1. The van der Waals surface area contributed by atoms with E-state index in [0.717, 1.165) is 52.2 Å². The summed E-state index contributed by atoms with van der Waals surface area (Å²) in [5.74, 6) is 2.18. The first-order valence-corrected chi connectivity index (χ1v) is 17.6. The Kier molecular flexibility index (Phi) is 7.17. The van der Waals surface area contributed by atoms with Gasteiger partial charge in [0.25, 0.3) is 0 Å². The second kappa shape index (κ2) is 12.3. The molecule has 3 aromatic heterocycles. The van der Waals surface area contributed by atoms with Crippen LogP contribution in [0.4, 0.5) is 34.1 Å². The monoisotopic (exact) mass is 693 g/mol. The average Bonchev–Trinajstić information content (AvgIpc) is 3.83. The lowest BCUT2D eigenvalue weighted by Crippen LogP contribution is -2.23. The number of hydrogen-bond donors (Lipinski definition) is 0. The second-order valence-electron chi connectivity index (χ2n) is 13.5. The number of fused-ring (bicyclic) bond motifs is 5. The van der Waals surface area contributed by atoms with Crippen LogP contribution in [0, 0.1) is 0 Å². The van der Waals surface area contributed by atoms with Crippen LogP contribution in [0.2, 0.25) is 0 Å². The summed E-state index contributed by atoms with van der Waals surface area (Å²) >= 11 is 0. The molecule has 5 aromatic carbocycles. The van der Waals surface area contributed by atoms with Crippen LogP contribution in [0.1, 0.15) is 0 Å². The average molecular weight is 694 g/mol. The number of aromatic nitrogens is 3. The molecule has 0 fully saturated rings. The molecule has 2 aliphatic rings. The summed E-state index contributed by atoms with van der Waals surface area (Å²) in [6.45, 7) is 1.51. The Morgan fingerprint density at radius 2 is 0.906 bits per heavy atom. The molecule has 0 spiro atoms. The van der Waals surface area contributed by atoms with Crippen LogP contribution in [-0.2, 0) is 0 Å². The topological polar surface area (TPSA) is 62.1 Å². The van der Waals surface area contributed by atoms with Crippen molar-refractivity contribution in [3.63, 3.8) is 0 Å². The van der Waals surface area contributed by atoms with Crippen LogP contribution in [0.3, 0.4) is 0 Å². The lowest BCUT2D eigenvalue weighted by molar-refractivity contribution is 0.441. The first-order valence-electron chi connectivity index (χ1n) is 17.6. The van der Waals surface area contributed by atoms with Gasteiger partial charge in [0.05, 0.1) is 52.8 Å². The normalized spacial score (nSPS) is 13.5. The highest BCUT2D eigenvalue weighted by Crippen LogP contribution is 2.45. The van der Waals surface area contributed by atoms with E-state index in [9.17, 15) is 0 Å².